The molecule has 0 aliphatic rings. The normalized spacial score (nSPS) is 15.0. The van der Waals surface area contributed by atoms with Crippen LogP contribution >= 0.6 is 0 Å². The van der Waals surface area contributed by atoms with Gasteiger partial charge in [-0.1, -0.05) is 6.08 Å². The van der Waals surface area contributed by atoms with Crippen molar-refractivity contribution in [2.75, 3.05) is 0 Å². The highest BCUT2D eigenvalue weighted by Gasteiger charge is 2.08. The summed E-state index contributed by atoms with van der Waals surface area (Å²) in [5.41, 5.74) is 1.74. The van der Waals surface area contributed by atoms with Gasteiger partial charge in [0, 0.05) is 5.56 Å². The van der Waals surface area contributed by atoms with Gasteiger partial charge in [0.15, 0.2) is 0 Å². The third kappa shape index (κ3) is 1.71. The average molecular weight is 152 g/mol. The van der Waals surface area contributed by atoms with Crippen molar-refractivity contribution >= 4 is 0 Å². The Balaban J connectivity index is 2.78. The molecule has 0 bridgehead atoms. The van der Waals surface area contributed by atoms with Crippen molar-refractivity contribution in [3.05, 3.63) is 35.8 Å². The van der Waals surface area contributed by atoms with Crippen LogP contribution in [0.25, 0.3) is 0 Å². The average Bonchev–Trinajstić information content (AvgIpc) is 2.53. The lowest BCUT2D eigenvalue weighted by Gasteiger charge is -2.06. The van der Waals surface area contributed by atoms with Crippen LogP contribution in [0.2, 0.25) is 0 Å². The van der Waals surface area contributed by atoms with Crippen molar-refractivity contribution in [3.8, 4) is 0 Å². The van der Waals surface area contributed by atoms with Gasteiger partial charge in [-0.25, -0.2) is 0 Å². The lowest BCUT2D eigenvalue weighted by Crippen LogP contribution is -1.95. The molecule has 11 heavy (non-hydrogen) atoms. The van der Waals surface area contributed by atoms with Crippen LogP contribution in [0.4, 0.5) is 0 Å². The van der Waals surface area contributed by atoms with Crippen molar-refractivity contribution in [2.24, 2.45) is 0 Å². The van der Waals surface area contributed by atoms with Gasteiger partial charge in [-0.05, 0) is 25.5 Å². The molecule has 0 unspecified atom stereocenters. The van der Waals surface area contributed by atoms with E-state index in [4.69, 9.17) is 4.42 Å². The maximum absolute atomic E-state index is 9.55. The van der Waals surface area contributed by atoms with Crippen LogP contribution in [-0.4, -0.2) is 5.11 Å². The molecule has 60 valence electrons. The van der Waals surface area contributed by atoms with E-state index in [9.17, 15) is 5.11 Å². The SMILES string of the molecule is C/C=C(\C)[C@@H](O)c1ccoc1. The van der Waals surface area contributed by atoms with E-state index < -0.39 is 6.10 Å². The second-order valence-electron chi connectivity index (χ2n) is 2.49. The molecule has 0 aromatic carbocycles. The molecule has 1 atom stereocenters. The number of aliphatic hydroxyl groups excluding tert-OH is 1. The first kappa shape index (κ1) is 8.08. The van der Waals surface area contributed by atoms with E-state index in [0.29, 0.717) is 0 Å². The molecule has 0 radical (unpaired) electrons. The molecule has 1 aromatic rings. The largest absolute Gasteiger partial charge is 0.472 e. The van der Waals surface area contributed by atoms with E-state index in [1.807, 2.05) is 19.9 Å². The van der Waals surface area contributed by atoms with Crippen LogP contribution < -0.4 is 0 Å². The Hall–Kier alpha value is -1.02. The van der Waals surface area contributed by atoms with E-state index in [0.717, 1.165) is 11.1 Å². The second kappa shape index (κ2) is 3.39. The number of hydrogen-bond donors (Lipinski definition) is 1. The first-order valence-electron chi connectivity index (χ1n) is 3.58. The third-order valence-corrected chi connectivity index (χ3v) is 1.75. The van der Waals surface area contributed by atoms with Gasteiger partial charge >= 0.3 is 0 Å². The molecule has 0 aliphatic carbocycles. The minimum atomic E-state index is -0.515. The Morgan fingerprint density at radius 3 is 2.91 bits per heavy atom. The molecule has 1 N–H and O–H groups in total. The molecule has 0 saturated heterocycles. The zero-order valence-electron chi connectivity index (χ0n) is 6.74. The summed E-state index contributed by atoms with van der Waals surface area (Å²) in [5.74, 6) is 0. The van der Waals surface area contributed by atoms with Crippen LogP contribution in [0.15, 0.2) is 34.7 Å². The summed E-state index contributed by atoms with van der Waals surface area (Å²) in [6.45, 7) is 3.79. The quantitative estimate of drug-likeness (QED) is 0.659. The Morgan fingerprint density at radius 2 is 2.45 bits per heavy atom. The van der Waals surface area contributed by atoms with Crippen LogP contribution in [-0.2, 0) is 0 Å². The molecule has 0 fully saturated rings. The van der Waals surface area contributed by atoms with E-state index in [1.165, 1.54) is 0 Å². The fraction of sp³-hybridized carbons (Fsp3) is 0.333. The molecule has 0 aliphatic heterocycles. The Bertz CT molecular complexity index is 234. The zero-order chi connectivity index (χ0) is 8.27. The number of furan rings is 1. The summed E-state index contributed by atoms with van der Waals surface area (Å²) >= 11 is 0. The summed E-state index contributed by atoms with van der Waals surface area (Å²) in [7, 11) is 0. The fourth-order valence-corrected chi connectivity index (χ4v) is 0.851. The van der Waals surface area contributed by atoms with Crippen LogP contribution in [0.3, 0.4) is 0 Å². The lowest BCUT2D eigenvalue weighted by atomic mass is 10.1. The molecular formula is C9H12O2. The van der Waals surface area contributed by atoms with Gasteiger partial charge < -0.3 is 9.52 Å². The molecule has 1 rings (SSSR count). The molecule has 1 heterocycles. The minimum absolute atomic E-state index is 0.515. The highest BCUT2D eigenvalue weighted by atomic mass is 16.3. The molecule has 2 nitrogen and oxygen atoms in total. The highest BCUT2D eigenvalue weighted by molar-refractivity contribution is 5.20. The molecule has 0 amide bonds. The summed E-state index contributed by atoms with van der Waals surface area (Å²) in [5, 5.41) is 9.55. The van der Waals surface area contributed by atoms with Gasteiger partial charge in [-0.2, -0.15) is 0 Å². The van der Waals surface area contributed by atoms with Gasteiger partial charge in [0.2, 0.25) is 0 Å². The maximum Gasteiger partial charge on any atom is 0.103 e. The number of allylic oxidation sites excluding steroid dienone is 1. The standard InChI is InChI=1S/C9H12O2/c1-3-7(2)9(10)8-4-5-11-6-8/h3-6,9-10H,1-2H3/b7-3+/t9-/m1/s1. The third-order valence-electron chi connectivity index (χ3n) is 1.75. The van der Waals surface area contributed by atoms with Crippen molar-refractivity contribution in [1.82, 2.24) is 0 Å². The number of hydrogen-bond acceptors (Lipinski definition) is 2. The van der Waals surface area contributed by atoms with Crippen molar-refractivity contribution in [3.63, 3.8) is 0 Å². The van der Waals surface area contributed by atoms with E-state index >= 15 is 0 Å². The van der Waals surface area contributed by atoms with Gasteiger partial charge in [0.05, 0.1) is 12.5 Å². The Labute approximate surface area is 66.2 Å². The first-order chi connectivity index (χ1) is 5.25. The van der Waals surface area contributed by atoms with E-state index in [2.05, 4.69) is 0 Å². The minimum Gasteiger partial charge on any atom is -0.472 e. The highest BCUT2D eigenvalue weighted by Crippen LogP contribution is 2.20. The van der Waals surface area contributed by atoms with Crippen molar-refractivity contribution < 1.29 is 9.52 Å². The van der Waals surface area contributed by atoms with Crippen molar-refractivity contribution in [2.45, 2.75) is 20.0 Å². The molecule has 1 aromatic heterocycles. The number of aliphatic hydroxyl groups is 1. The smallest absolute Gasteiger partial charge is 0.103 e. The Kier molecular flexibility index (Phi) is 2.49. The van der Waals surface area contributed by atoms with Crippen LogP contribution in [0, 0.1) is 0 Å². The van der Waals surface area contributed by atoms with Crippen LogP contribution in [0.1, 0.15) is 25.5 Å². The number of rotatable bonds is 2. The van der Waals surface area contributed by atoms with Gasteiger partial charge in [0.25, 0.3) is 0 Å². The molecular weight excluding hydrogens is 140 g/mol. The fourth-order valence-electron chi connectivity index (χ4n) is 0.851. The topological polar surface area (TPSA) is 33.4 Å². The monoisotopic (exact) mass is 152 g/mol. The van der Waals surface area contributed by atoms with Gasteiger partial charge in [-0.3, -0.25) is 0 Å². The van der Waals surface area contributed by atoms with Crippen molar-refractivity contribution in [1.29, 1.82) is 0 Å². The summed E-state index contributed by atoms with van der Waals surface area (Å²) in [6.07, 6.45) is 4.48. The van der Waals surface area contributed by atoms with Gasteiger partial charge in [-0.15, -0.1) is 0 Å². The summed E-state index contributed by atoms with van der Waals surface area (Å²) < 4.78 is 4.84. The lowest BCUT2D eigenvalue weighted by molar-refractivity contribution is 0.214. The van der Waals surface area contributed by atoms with E-state index in [1.54, 1.807) is 18.6 Å². The second-order valence-corrected chi connectivity index (χ2v) is 2.49. The predicted octanol–water partition coefficient (Wildman–Crippen LogP) is 2.28. The Morgan fingerprint density at radius 1 is 1.73 bits per heavy atom. The zero-order valence-corrected chi connectivity index (χ0v) is 6.74. The summed E-state index contributed by atoms with van der Waals surface area (Å²) in [6, 6.07) is 1.76. The van der Waals surface area contributed by atoms with Gasteiger partial charge in [0.1, 0.15) is 6.10 Å². The van der Waals surface area contributed by atoms with Crippen LogP contribution in [0.5, 0.6) is 0 Å². The molecule has 0 saturated carbocycles. The molecule has 0 spiro atoms. The maximum atomic E-state index is 9.55. The summed E-state index contributed by atoms with van der Waals surface area (Å²) in [4.78, 5) is 0. The van der Waals surface area contributed by atoms with E-state index in [-0.39, 0.29) is 0 Å². The first-order valence-corrected chi connectivity index (χ1v) is 3.58. The predicted molar refractivity (Wildman–Crippen MR) is 43.1 cm³/mol. The molecule has 2 heteroatoms.